The van der Waals surface area contributed by atoms with Crippen LogP contribution in [0.4, 0.5) is 11.5 Å². The van der Waals surface area contributed by atoms with Gasteiger partial charge in [0.25, 0.3) is 0 Å². The highest BCUT2D eigenvalue weighted by atomic mass is 16.3. The van der Waals surface area contributed by atoms with Crippen LogP contribution >= 0.6 is 0 Å². The first-order valence-corrected chi connectivity index (χ1v) is 6.86. The smallest absolute Gasteiger partial charge is 0.128 e. The molecule has 0 saturated carbocycles. The number of hydrogen-bond acceptors (Lipinski definition) is 4. The summed E-state index contributed by atoms with van der Waals surface area (Å²) in [5.74, 6) is 1.35. The van der Waals surface area contributed by atoms with E-state index in [0.717, 1.165) is 29.9 Å². The molecular formula is C16H19N3O. The van der Waals surface area contributed by atoms with Gasteiger partial charge in [0.05, 0.1) is 17.9 Å². The van der Waals surface area contributed by atoms with Crippen LogP contribution in [0.1, 0.15) is 23.6 Å². The minimum Gasteiger partial charge on any atom is -0.508 e. The molecule has 4 nitrogen and oxygen atoms in total. The first-order chi connectivity index (χ1) is 9.65. The van der Waals surface area contributed by atoms with E-state index in [-0.39, 0.29) is 6.04 Å². The van der Waals surface area contributed by atoms with Gasteiger partial charge in [-0.2, -0.15) is 0 Å². The maximum absolute atomic E-state index is 9.87. The zero-order chi connectivity index (χ0) is 14.1. The molecule has 1 atom stereocenters. The molecule has 1 aromatic heterocycles. The minimum atomic E-state index is 0.254. The topological polar surface area (TPSA) is 48.4 Å². The van der Waals surface area contributed by atoms with Crippen LogP contribution in [-0.2, 0) is 6.42 Å². The van der Waals surface area contributed by atoms with Crippen molar-refractivity contribution in [2.24, 2.45) is 0 Å². The number of hydrogen-bond donors (Lipinski definition) is 2. The van der Waals surface area contributed by atoms with E-state index in [9.17, 15) is 5.11 Å². The molecule has 1 heterocycles. The highest BCUT2D eigenvalue weighted by molar-refractivity contribution is 5.52. The predicted octanol–water partition coefficient (Wildman–Crippen LogP) is 2.95. The van der Waals surface area contributed by atoms with Crippen molar-refractivity contribution < 1.29 is 5.11 Å². The molecule has 1 aromatic carbocycles. The third kappa shape index (κ3) is 2.29. The largest absolute Gasteiger partial charge is 0.508 e. The maximum atomic E-state index is 9.87. The third-order valence-corrected chi connectivity index (χ3v) is 3.79. The normalized spacial score (nSPS) is 16.8. The Bertz CT molecular complexity index is 608. The van der Waals surface area contributed by atoms with Crippen LogP contribution in [0.15, 0.2) is 36.5 Å². The molecule has 2 aromatic rings. The monoisotopic (exact) mass is 269 g/mol. The molecule has 1 aliphatic rings. The Morgan fingerprint density at radius 2 is 2.10 bits per heavy atom. The zero-order valence-electron chi connectivity index (χ0n) is 11.8. The number of benzene rings is 1. The van der Waals surface area contributed by atoms with E-state index in [4.69, 9.17) is 0 Å². The van der Waals surface area contributed by atoms with E-state index in [1.54, 1.807) is 6.07 Å². The van der Waals surface area contributed by atoms with E-state index in [1.807, 2.05) is 43.4 Å². The van der Waals surface area contributed by atoms with Crippen molar-refractivity contribution in [3.63, 3.8) is 0 Å². The van der Waals surface area contributed by atoms with Crippen molar-refractivity contribution in [1.82, 2.24) is 4.98 Å². The lowest BCUT2D eigenvalue weighted by Gasteiger charge is -2.17. The fourth-order valence-corrected chi connectivity index (χ4v) is 2.72. The first-order valence-electron chi connectivity index (χ1n) is 6.86. The van der Waals surface area contributed by atoms with E-state index in [1.165, 1.54) is 5.56 Å². The van der Waals surface area contributed by atoms with Gasteiger partial charge in [0.15, 0.2) is 0 Å². The predicted molar refractivity (Wildman–Crippen MR) is 81.4 cm³/mol. The molecule has 0 bridgehead atoms. The van der Waals surface area contributed by atoms with Gasteiger partial charge in [-0.05, 0) is 42.2 Å². The molecule has 3 rings (SSSR count). The number of nitrogens with one attached hydrogen (secondary N) is 1. The van der Waals surface area contributed by atoms with Crippen LogP contribution in [0.3, 0.4) is 0 Å². The van der Waals surface area contributed by atoms with Gasteiger partial charge in [-0.3, -0.25) is 0 Å². The second-order valence-electron chi connectivity index (χ2n) is 5.38. The van der Waals surface area contributed by atoms with Crippen molar-refractivity contribution in [3.8, 4) is 5.75 Å². The number of aromatic hydroxyl groups is 1. The van der Waals surface area contributed by atoms with Crippen molar-refractivity contribution in [3.05, 3.63) is 47.7 Å². The molecule has 0 aliphatic heterocycles. The van der Waals surface area contributed by atoms with Gasteiger partial charge < -0.3 is 15.3 Å². The van der Waals surface area contributed by atoms with E-state index >= 15 is 0 Å². The standard InChI is InChI=1S/C16H19N3O/c1-19(2)16-9-6-11(10-17-16)18-14-8-7-13-12(14)4-3-5-15(13)20/h3-6,9-10,14,18,20H,7-8H2,1-2H3. The first kappa shape index (κ1) is 12.8. The number of phenolic OH excluding ortho intramolecular Hbond substituents is 1. The van der Waals surface area contributed by atoms with Crippen LogP contribution in [0, 0.1) is 0 Å². The summed E-state index contributed by atoms with van der Waals surface area (Å²) in [4.78, 5) is 6.39. The number of anilines is 2. The Kier molecular flexibility index (Phi) is 3.22. The molecule has 0 radical (unpaired) electrons. The summed E-state index contributed by atoms with van der Waals surface area (Å²) in [6.45, 7) is 0. The number of rotatable bonds is 3. The van der Waals surface area contributed by atoms with Gasteiger partial charge in [0.1, 0.15) is 11.6 Å². The second kappa shape index (κ2) is 5.04. The molecule has 0 fully saturated rings. The van der Waals surface area contributed by atoms with Gasteiger partial charge in [-0.1, -0.05) is 12.1 Å². The summed E-state index contributed by atoms with van der Waals surface area (Å²) >= 11 is 0. The van der Waals surface area contributed by atoms with E-state index < -0.39 is 0 Å². The fourth-order valence-electron chi connectivity index (χ4n) is 2.72. The summed E-state index contributed by atoms with van der Waals surface area (Å²) in [7, 11) is 3.96. The Balaban J connectivity index is 1.79. The van der Waals surface area contributed by atoms with Crippen molar-refractivity contribution >= 4 is 11.5 Å². The Morgan fingerprint density at radius 3 is 2.80 bits per heavy atom. The molecular weight excluding hydrogens is 250 g/mol. The molecule has 0 spiro atoms. The molecule has 2 N–H and O–H groups in total. The van der Waals surface area contributed by atoms with Crippen molar-refractivity contribution in [2.75, 3.05) is 24.3 Å². The van der Waals surface area contributed by atoms with Gasteiger partial charge >= 0.3 is 0 Å². The Labute approximate surface area is 119 Å². The number of pyridine rings is 1. The second-order valence-corrected chi connectivity index (χ2v) is 5.38. The van der Waals surface area contributed by atoms with Gasteiger partial charge in [-0.15, -0.1) is 0 Å². The maximum Gasteiger partial charge on any atom is 0.128 e. The lowest BCUT2D eigenvalue weighted by Crippen LogP contribution is -2.11. The minimum absolute atomic E-state index is 0.254. The number of phenols is 1. The summed E-state index contributed by atoms with van der Waals surface area (Å²) in [6, 6.07) is 10.0. The molecule has 4 heteroatoms. The Morgan fingerprint density at radius 1 is 1.25 bits per heavy atom. The van der Waals surface area contributed by atoms with Crippen LogP contribution in [0.5, 0.6) is 5.75 Å². The molecule has 0 amide bonds. The van der Waals surface area contributed by atoms with Crippen LogP contribution in [-0.4, -0.2) is 24.2 Å². The van der Waals surface area contributed by atoms with Gasteiger partial charge in [0, 0.05) is 14.1 Å². The lowest BCUT2D eigenvalue weighted by atomic mass is 10.1. The number of nitrogens with zero attached hydrogens (tertiary/aromatic N) is 2. The lowest BCUT2D eigenvalue weighted by molar-refractivity contribution is 0.469. The van der Waals surface area contributed by atoms with Crippen LogP contribution < -0.4 is 10.2 Å². The summed E-state index contributed by atoms with van der Waals surface area (Å²) in [5.41, 5.74) is 3.28. The fraction of sp³-hybridized carbons (Fsp3) is 0.312. The van der Waals surface area contributed by atoms with Crippen LogP contribution in [0.2, 0.25) is 0 Å². The molecule has 1 aliphatic carbocycles. The molecule has 104 valence electrons. The zero-order valence-corrected chi connectivity index (χ0v) is 11.8. The van der Waals surface area contributed by atoms with Gasteiger partial charge in [0.2, 0.25) is 0 Å². The number of aromatic nitrogens is 1. The van der Waals surface area contributed by atoms with Crippen molar-refractivity contribution in [2.45, 2.75) is 18.9 Å². The quantitative estimate of drug-likeness (QED) is 0.899. The average molecular weight is 269 g/mol. The number of fused-ring (bicyclic) bond motifs is 1. The molecule has 1 unspecified atom stereocenters. The van der Waals surface area contributed by atoms with Gasteiger partial charge in [-0.25, -0.2) is 4.98 Å². The van der Waals surface area contributed by atoms with E-state index in [0.29, 0.717) is 5.75 Å². The van der Waals surface area contributed by atoms with Crippen LogP contribution in [0.25, 0.3) is 0 Å². The summed E-state index contributed by atoms with van der Waals surface area (Å²) < 4.78 is 0. The Hall–Kier alpha value is -2.23. The highest BCUT2D eigenvalue weighted by Gasteiger charge is 2.24. The summed E-state index contributed by atoms with van der Waals surface area (Å²) in [6.07, 6.45) is 3.78. The van der Waals surface area contributed by atoms with E-state index in [2.05, 4.69) is 16.4 Å². The van der Waals surface area contributed by atoms with Crippen molar-refractivity contribution in [1.29, 1.82) is 0 Å². The highest BCUT2D eigenvalue weighted by Crippen LogP contribution is 2.38. The average Bonchev–Trinajstić information content (AvgIpc) is 2.84. The third-order valence-electron chi connectivity index (χ3n) is 3.79. The molecule has 20 heavy (non-hydrogen) atoms. The summed E-state index contributed by atoms with van der Waals surface area (Å²) in [5, 5.41) is 13.4. The molecule has 0 saturated heterocycles. The SMILES string of the molecule is CN(C)c1ccc(NC2CCc3c(O)cccc32)cn1.